The van der Waals surface area contributed by atoms with Crippen molar-refractivity contribution in [2.75, 3.05) is 0 Å². The second-order valence-electron chi connectivity index (χ2n) is 5.14. The lowest BCUT2D eigenvalue weighted by molar-refractivity contribution is 0.103. The lowest BCUT2D eigenvalue weighted by atomic mass is 10.0. The van der Waals surface area contributed by atoms with Crippen LogP contribution in [-0.2, 0) is 0 Å². The van der Waals surface area contributed by atoms with Gasteiger partial charge < -0.3 is 4.74 Å². The van der Waals surface area contributed by atoms with Crippen LogP contribution in [0.25, 0.3) is 0 Å². The van der Waals surface area contributed by atoms with Crippen molar-refractivity contribution < 1.29 is 9.53 Å². The van der Waals surface area contributed by atoms with Gasteiger partial charge >= 0.3 is 0 Å². The molecule has 0 aliphatic rings. The van der Waals surface area contributed by atoms with E-state index in [0.29, 0.717) is 16.9 Å². The quantitative estimate of drug-likeness (QED) is 0.630. The molecule has 0 N–H and O–H groups in total. The number of carbonyl (C=O) groups is 1. The van der Waals surface area contributed by atoms with Crippen LogP contribution in [0.1, 0.15) is 21.5 Å². The minimum Gasteiger partial charge on any atom is -0.457 e. The second kappa shape index (κ2) is 6.27. The molecular formula is C20H16O2. The molecule has 3 aromatic carbocycles. The molecule has 0 fully saturated rings. The van der Waals surface area contributed by atoms with E-state index in [1.54, 1.807) is 12.1 Å². The number of hydrogen-bond donors (Lipinski definition) is 0. The van der Waals surface area contributed by atoms with Crippen molar-refractivity contribution in [3.8, 4) is 11.5 Å². The zero-order valence-corrected chi connectivity index (χ0v) is 12.3. The number of hydrogen-bond acceptors (Lipinski definition) is 2. The average Bonchev–Trinajstić information content (AvgIpc) is 2.56. The molecule has 0 amide bonds. The third kappa shape index (κ3) is 3.23. The van der Waals surface area contributed by atoms with Crippen LogP contribution in [0.2, 0.25) is 0 Å². The average molecular weight is 288 g/mol. The summed E-state index contributed by atoms with van der Waals surface area (Å²) in [6.45, 7) is 2.00. The Morgan fingerprint density at radius 3 is 2.14 bits per heavy atom. The summed E-state index contributed by atoms with van der Waals surface area (Å²) in [6, 6.07) is 24.4. The van der Waals surface area contributed by atoms with Crippen molar-refractivity contribution in [2.45, 2.75) is 6.92 Å². The number of ether oxygens (including phenoxy) is 1. The summed E-state index contributed by atoms with van der Waals surface area (Å²) in [6.07, 6.45) is 0. The second-order valence-corrected chi connectivity index (χ2v) is 5.14. The molecule has 22 heavy (non-hydrogen) atoms. The first kappa shape index (κ1) is 14.1. The molecule has 0 saturated carbocycles. The van der Waals surface area contributed by atoms with Crippen molar-refractivity contribution in [3.05, 3.63) is 95.6 Å². The van der Waals surface area contributed by atoms with Crippen LogP contribution in [0.5, 0.6) is 11.5 Å². The Labute approximate surface area is 130 Å². The van der Waals surface area contributed by atoms with E-state index < -0.39 is 0 Å². The first-order chi connectivity index (χ1) is 10.7. The summed E-state index contributed by atoms with van der Waals surface area (Å²) in [5, 5.41) is 0. The van der Waals surface area contributed by atoms with Gasteiger partial charge in [-0.05, 0) is 31.2 Å². The summed E-state index contributed by atoms with van der Waals surface area (Å²) < 4.78 is 5.77. The Kier molecular flexibility index (Phi) is 4.01. The molecule has 2 heteroatoms. The third-order valence-electron chi connectivity index (χ3n) is 3.39. The summed E-state index contributed by atoms with van der Waals surface area (Å²) in [5.74, 6) is 1.41. The lowest BCUT2D eigenvalue weighted by Gasteiger charge is -2.07. The molecular weight excluding hydrogens is 272 g/mol. The summed E-state index contributed by atoms with van der Waals surface area (Å²) >= 11 is 0. The van der Waals surface area contributed by atoms with E-state index in [-0.39, 0.29) is 5.78 Å². The van der Waals surface area contributed by atoms with Gasteiger partial charge in [-0.2, -0.15) is 0 Å². The SMILES string of the molecule is Cc1ccc(C(=O)c2cccc(Oc3ccccc3)c2)cc1. The Bertz CT molecular complexity index is 774. The largest absolute Gasteiger partial charge is 0.457 e. The highest BCUT2D eigenvalue weighted by Gasteiger charge is 2.10. The molecule has 0 unspecified atom stereocenters. The zero-order valence-electron chi connectivity index (χ0n) is 12.3. The summed E-state index contributed by atoms with van der Waals surface area (Å²) in [7, 11) is 0. The van der Waals surface area contributed by atoms with Gasteiger partial charge in [0.15, 0.2) is 5.78 Å². The van der Waals surface area contributed by atoms with Crippen LogP contribution in [0.3, 0.4) is 0 Å². The van der Waals surface area contributed by atoms with Crippen LogP contribution < -0.4 is 4.74 Å². The molecule has 0 spiro atoms. The van der Waals surface area contributed by atoms with Crippen LogP contribution in [0.15, 0.2) is 78.9 Å². The van der Waals surface area contributed by atoms with Gasteiger partial charge in [-0.1, -0.05) is 60.2 Å². The fourth-order valence-electron chi connectivity index (χ4n) is 2.20. The number of aryl methyl sites for hydroxylation is 1. The van der Waals surface area contributed by atoms with E-state index in [9.17, 15) is 4.79 Å². The molecule has 3 aromatic rings. The summed E-state index contributed by atoms with van der Waals surface area (Å²) in [4.78, 5) is 12.5. The Balaban J connectivity index is 1.84. The molecule has 0 heterocycles. The first-order valence-corrected chi connectivity index (χ1v) is 7.17. The highest BCUT2D eigenvalue weighted by Crippen LogP contribution is 2.23. The molecule has 108 valence electrons. The maximum Gasteiger partial charge on any atom is 0.193 e. The van der Waals surface area contributed by atoms with E-state index in [2.05, 4.69) is 0 Å². The highest BCUT2D eigenvalue weighted by atomic mass is 16.5. The molecule has 0 aliphatic carbocycles. The first-order valence-electron chi connectivity index (χ1n) is 7.17. The van der Waals surface area contributed by atoms with E-state index in [1.807, 2.05) is 73.7 Å². The minimum atomic E-state index is -0.00138. The molecule has 0 radical (unpaired) electrons. The molecule has 2 nitrogen and oxygen atoms in total. The fraction of sp³-hybridized carbons (Fsp3) is 0.0500. The fourth-order valence-corrected chi connectivity index (χ4v) is 2.20. The Hall–Kier alpha value is -2.87. The molecule has 0 aliphatic heterocycles. The predicted octanol–water partition coefficient (Wildman–Crippen LogP) is 5.02. The Morgan fingerprint density at radius 2 is 1.41 bits per heavy atom. The van der Waals surface area contributed by atoms with Gasteiger partial charge in [0.1, 0.15) is 11.5 Å². The predicted molar refractivity (Wildman–Crippen MR) is 87.6 cm³/mol. The van der Waals surface area contributed by atoms with Gasteiger partial charge in [-0.3, -0.25) is 4.79 Å². The van der Waals surface area contributed by atoms with Crippen molar-refractivity contribution in [1.29, 1.82) is 0 Å². The van der Waals surface area contributed by atoms with Crippen LogP contribution in [0, 0.1) is 6.92 Å². The van der Waals surface area contributed by atoms with Gasteiger partial charge in [-0.15, -0.1) is 0 Å². The summed E-state index contributed by atoms with van der Waals surface area (Å²) in [5.41, 5.74) is 2.44. The van der Waals surface area contributed by atoms with Gasteiger partial charge in [-0.25, -0.2) is 0 Å². The monoisotopic (exact) mass is 288 g/mol. The zero-order chi connectivity index (χ0) is 15.4. The maximum absolute atomic E-state index is 12.5. The van der Waals surface area contributed by atoms with Crippen LogP contribution in [0.4, 0.5) is 0 Å². The standard InChI is InChI=1S/C20H16O2/c1-15-10-12-16(13-11-15)20(21)17-6-5-9-19(14-17)22-18-7-3-2-4-8-18/h2-14H,1H3. The van der Waals surface area contributed by atoms with Crippen molar-refractivity contribution in [2.24, 2.45) is 0 Å². The van der Waals surface area contributed by atoms with Crippen molar-refractivity contribution in [1.82, 2.24) is 0 Å². The number of carbonyl (C=O) groups excluding carboxylic acids is 1. The van der Waals surface area contributed by atoms with Gasteiger partial charge in [0, 0.05) is 11.1 Å². The van der Waals surface area contributed by atoms with Gasteiger partial charge in [0.25, 0.3) is 0 Å². The van der Waals surface area contributed by atoms with E-state index in [4.69, 9.17) is 4.74 Å². The van der Waals surface area contributed by atoms with E-state index in [0.717, 1.165) is 11.3 Å². The lowest BCUT2D eigenvalue weighted by Crippen LogP contribution is -2.01. The molecule has 0 aromatic heterocycles. The molecule has 0 atom stereocenters. The molecule has 0 saturated heterocycles. The smallest absolute Gasteiger partial charge is 0.193 e. The number of benzene rings is 3. The van der Waals surface area contributed by atoms with Crippen LogP contribution in [-0.4, -0.2) is 5.78 Å². The highest BCUT2D eigenvalue weighted by molar-refractivity contribution is 6.09. The number of para-hydroxylation sites is 1. The molecule has 3 rings (SSSR count). The van der Waals surface area contributed by atoms with Crippen molar-refractivity contribution in [3.63, 3.8) is 0 Å². The van der Waals surface area contributed by atoms with Gasteiger partial charge in [0.05, 0.1) is 0 Å². The normalized spacial score (nSPS) is 10.2. The number of rotatable bonds is 4. The van der Waals surface area contributed by atoms with E-state index >= 15 is 0 Å². The van der Waals surface area contributed by atoms with E-state index in [1.165, 1.54) is 0 Å². The maximum atomic E-state index is 12.5. The number of ketones is 1. The minimum absolute atomic E-state index is 0.00138. The topological polar surface area (TPSA) is 26.3 Å². The van der Waals surface area contributed by atoms with Crippen LogP contribution >= 0.6 is 0 Å². The third-order valence-corrected chi connectivity index (χ3v) is 3.39. The van der Waals surface area contributed by atoms with Crippen molar-refractivity contribution >= 4 is 5.78 Å². The Morgan fingerprint density at radius 1 is 0.727 bits per heavy atom. The molecule has 0 bridgehead atoms. The van der Waals surface area contributed by atoms with Gasteiger partial charge in [0.2, 0.25) is 0 Å².